The van der Waals surface area contributed by atoms with Crippen LogP contribution in [-0.4, -0.2) is 10.9 Å². The van der Waals surface area contributed by atoms with Crippen molar-refractivity contribution in [1.29, 1.82) is 0 Å². The van der Waals surface area contributed by atoms with E-state index >= 15 is 0 Å². The summed E-state index contributed by atoms with van der Waals surface area (Å²) >= 11 is 1.65. The summed E-state index contributed by atoms with van der Waals surface area (Å²) in [4.78, 5) is 17.2. The molecule has 1 aliphatic rings. The van der Waals surface area contributed by atoms with Crippen molar-refractivity contribution in [1.82, 2.24) is 10.3 Å². The minimum Gasteiger partial charge on any atom is -0.349 e. The summed E-state index contributed by atoms with van der Waals surface area (Å²) in [7, 11) is 0. The molecule has 1 aromatic heterocycles. The molecule has 1 atom stereocenters. The van der Waals surface area contributed by atoms with Gasteiger partial charge < -0.3 is 5.32 Å². The van der Waals surface area contributed by atoms with E-state index in [1.807, 2.05) is 24.3 Å². The van der Waals surface area contributed by atoms with Crippen molar-refractivity contribution in [2.45, 2.75) is 31.7 Å². The molecule has 23 heavy (non-hydrogen) atoms. The lowest BCUT2D eigenvalue weighted by atomic mass is 9.82. The van der Waals surface area contributed by atoms with E-state index < -0.39 is 0 Å². The zero-order valence-corrected chi connectivity index (χ0v) is 13.6. The first-order valence-electron chi connectivity index (χ1n) is 8.01. The fourth-order valence-corrected chi connectivity index (χ4v) is 4.21. The lowest BCUT2D eigenvalue weighted by molar-refractivity contribution is -0.123. The summed E-state index contributed by atoms with van der Waals surface area (Å²) in [5.41, 5.74) is 3.52. The number of carbonyl (C=O) groups excluding carboxylic acids is 1. The van der Waals surface area contributed by atoms with Gasteiger partial charge in [-0.1, -0.05) is 36.4 Å². The Balaban J connectivity index is 1.48. The smallest absolute Gasteiger partial charge is 0.227 e. The van der Waals surface area contributed by atoms with Gasteiger partial charge in [0.25, 0.3) is 0 Å². The van der Waals surface area contributed by atoms with Gasteiger partial charge in [-0.05, 0) is 42.5 Å². The number of carbonyl (C=O) groups is 1. The average molecular weight is 322 g/mol. The molecule has 1 heterocycles. The number of para-hydroxylation sites is 1. The maximum atomic E-state index is 12.6. The van der Waals surface area contributed by atoms with Crippen LogP contribution in [0.4, 0.5) is 0 Å². The van der Waals surface area contributed by atoms with Crippen LogP contribution in [0.15, 0.2) is 48.5 Å². The highest BCUT2D eigenvalue weighted by Gasteiger charge is 2.25. The lowest BCUT2D eigenvalue weighted by Gasteiger charge is -2.24. The fraction of sp³-hybridized carbons (Fsp3) is 0.263. The minimum absolute atomic E-state index is 0.0191. The molecule has 4 rings (SSSR count). The zero-order valence-electron chi connectivity index (χ0n) is 12.8. The molecule has 3 nitrogen and oxygen atoms in total. The van der Waals surface area contributed by atoms with Crippen LogP contribution >= 0.6 is 11.3 Å². The molecular formula is C19H18N2OS. The van der Waals surface area contributed by atoms with Crippen molar-refractivity contribution >= 4 is 27.5 Å². The number of amides is 1. The highest BCUT2D eigenvalue weighted by atomic mass is 32.1. The molecule has 2 aromatic carbocycles. The number of aryl methyl sites for hydroxylation is 1. The second kappa shape index (κ2) is 6.13. The highest BCUT2D eigenvalue weighted by molar-refractivity contribution is 7.18. The number of fused-ring (bicyclic) bond motifs is 2. The largest absolute Gasteiger partial charge is 0.349 e. The summed E-state index contributed by atoms with van der Waals surface area (Å²) in [5.74, 6) is 0.103. The van der Waals surface area contributed by atoms with Gasteiger partial charge in [0.15, 0.2) is 0 Å². The van der Waals surface area contributed by atoms with Gasteiger partial charge in [0.2, 0.25) is 5.91 Å². The van der Waals surface area contributed by atoms with Crippen molar-refractivity contribution in [2.75, 3.05) is 0 Å². The number of hydrogen-bond donors (Lipinski definition) is 1. The third-order valence-corrected chi connectivity index (χ3v) is 5.47. The number of thiazole rings is 1. The maximum Gasteiger partial charge on any atom is 0.227 e. The first kappa shape index (κ1) is 14.4. The molecule has 0 spiro atoms. The molecule has 3 aromatic rings. The van der Waals surface area contributed by atoms with Gasteiger partial charge in [-0.3, -0.25) is 4.79 Å². The molecule has 116 valence electrons. The third-order valence-electron chi connectivity index (χ3n) is 4.44. The van der Waals surface area contributed by atoms with Crippen molar-refractivity contribution in [2.24, 2.45) is 0 Å². The van der Waals surface area contributed by atoms with E-state index in [1.165, 1.54) is 15.8 Å². The summed E-state index contributed by atoms with van der Waals surface area (Å²) in [6.45, 7) is 0.511. The molecular weight excluding hydrogens is 304 g/mol. The Kier molecular flexibility index (Phi) is 3.83. The summed E-state index contributed by atoms with van der Waals surface area (Å²) in [6.07, 6.45) is 3.09. The number of rotatable bonds is 3. The second-order valence-electron chi connectivity index (χ2n) is 5.94. The van der Waals surface area contributed by atoms with Crippen LogP contribution < -0.4 is 5.32 Å². The normalized spacial score (nSPS) is 17.0. The van der Waals surface area contributed by atoms with E-state index in [9.17, 15) is 4.79 Å². The molecule has 0 saturated carbocycles. The summed E-state index contributed by atoms with van der Waals surface area (Å²) in [5, 5.41) is 4.04. The number of hydrogen-bond acceptors (Lipinski definition) is 3. The van der Waals surface area contributed by atoms with Crippen LogP contribution in [-0.2, 0) is 17.8 Å². The van der Waals surface area contributed by atoms with E-state index in [0.29, 0.717) is 6.54 Å². The average Bonchev–Trinajstić information content (AvgIpc) is 3.02. The topological polar surface area (TPSA) is 42.0 Å². The Hall–Kier alpha value is -2.20. The van der Waals surface area contributed by atoms with Crippen LogP contribution in [0.3, 0.4) is 0 Å². The van der Waals surface area contributed by atoms with Gasteiger partial charge >= 0.3 is 0 Å². The molecule has 0 fully saturated rings. The van der Waals surface area contributed by atoms with Gasteiger partial charge in [-0.2, -0.15) is 0 Å². The van der Waals surface area contributed by atoms with Crippen molar-refractivity contribution in [3.63, 3.8) is 0 Å². The van der Waals surface area contributed by atoms with Crippen molar-refractivity contribution in [3.05, 3.63) is 64.7 Å². The first-order chi connectivity index (χ1) is 11.3. The quantitative estimate of drug-likeness (QED) is 0.791. The van der Waals surface area contributed by atoms with Gasteiger partial charge in [-0.25, -0.2) is 4.98 Å². The first-order valence-corrected chi connectivity index (χ1v) is 8.83. The van der Waals surface area contributed by atoms with E-state index in [-0.39, 0.29) is 11.8 Å². The number of aromatic nitrogens is 1. The third kappa shape index (κ3) is 2.86. The number of nitrogens with one attached hydrogen (secondary N) is 1. The van der Waals surface area contributed by atoms with E-state index in [4.69, 9.17) is 0 Å². The van der Waals surface area contributed by atoms with E-state index in [1.54, 1.807) is 11.3 Å². The van der Waals surface area contributed by atoms with Crippen LogP contribution in [0.25, 0.3) is 10.2 Å². The van der Waals surface area contributed by atoms with Crippen LogP contribution in [0, 0.1) is 0 Å². The summed E-state index contributed by atoms with van der Waals surface area (Å²) < 4.78 is 1.17. The Labute approximate surface area is 139 Å². The monoisotopic (exact) mass is 322 g/mol. The molecule has 1 aliphatic carbocycles. The standard InChI is InChI=1S/C19H18N2OS/c22-19(15-9-5-7-13-6-1-2-8-14(13)15)20-12-18-21-16-10-3-4-11-17(16)23-18/h1-4,6,8,10-11,15H,5,7,9,12H2,(H,20,22). The lowest BCUT2D eigenvalue weighted by Crippen LogP contribution is -2.31. The Morgan fingerprint density at radius 2 is 2.00 bits per heavy atom. The van der Waals surface area contributed by atoms with Gasteiger partial charge in [0.1, 0.15) is 5.01 Å². The van der Waals surface area contributed by atoms with Gasteiger partial charge in [0.05, 0.1) is 22.7 Å². The molecule has 1 N–H and O–H groups in total. The second-order valence-corrected chi connectivity index (χ2v) is 7.05. The van der Waals surface area contributed by atoms with Gasteiger partial charge in [-0.15, -0.1) is 11.3 Å². The molecule has 0 saturated heterocycles. The van der Waals surface area contributed by atoms with E-state index in [0.717, 1.165) is 29.8 Å². The van der Waals surface area contributed by atoms with Crippen LogP contribution in [0.5, 0.6) is 0 Å². The van der Waals surface area contributed by atoms with Crippen LogP contribution in [0.2, 0.25) is 0 Å². The summed E-state index contributed by atoms with van der Waals surface area (Å²) in [6, 6.07) is 16.4. The highest BCUT2D eigenvalue weighted by Crippen LogP contribution is 2.31. The Bertz CT molecular complexity index is 822. The zero-order chi connectivity index (χ0) is 15.6. The molecule has 0 radical (unpaired) electrons. The minimum atomic E-state index is -0.0191. The number of nitrogens with zero attached hydrogens (tertiary/aromatic N) is 1. The predicted molar refractivity (Wildman–Crippen MR) is 93.6 cm³/mol. The predicted octanol–water partition coefficient (Wildman–Crippen LogP) is 4.03. The molecule has 1 unspecified atom stereocenters. The SMILES string of the molecule is O=C(NCc1nc2ccccc2s1)C1CCCc2ccccc21. The van der Waals surface area contributed by atoms with Gasteiger partial charge in [0, 0.05) is 0 Å². The molecule has 0 aliphatic heterocycles. The molecule has 0 bridgehead atoms. The van der Waals surface area contributed by atoms with Crippen LogP contribution in [0.1, 0.15) is 34.9 Å². The van der Waals surface area contributed by atoms with Crippen molar-refractivity contribution < 1.29 is 4.79 Å². The Morgan fingerprint density at radius 3 is 2.91 bits per heavy atom. The Morgan fingerprint density at radius 1 is 1.17 bits per heavy atom. The molecule has 1 amide bonds. The number of benzene rings is 2. The maximum absolute atomic E-state index is 12.6. The fourth-order valence-electron chi connectivity index (χ4n) is 3.31. The van der Waals surface area contributed by atoms with E-state index in [2.05, 4.69) is 34.6 Å². The molecule has 4 heteroatoms. The van der Waals surface area contributed by atoms with Crippen molar-refractivity contribution in [3.8, 4) is 0 Å².